The molecule has 0 saturated carbocycles. The Labute approximate surface area is 85.6 Å². The van der Waals surface area contributed by atoms with Crippen molar-refractivity contribution in [1.29, 1.82) is 0 Å². The topological polar surface area (TPSA) is 70.8 Å². The minimum Gasteiger partial charge on any atom is -0.368 e. The summed E-state index contributed by atoms with van der Waals surface area (Å²) >= 11 is 1.70. The van der Waals surface area contributed by atoms with Crippen molar-refractivity contribution in [3.8, 4) is 0 Å². The van der Waals surface area contributed by atoms with Crippen molar-refractivity contribution in [2.75, 3.05) is 17.7 Å². The molecule has 2 aromatic heterocycles. The molecule has 2 rings (SSSR count). The van der Waals surface area contributed by atoms with Crippen molar-refractivity contribution >= 4 is 28.9 Å². The van der Waals surface area contributed by atoms with E-state index in [1.807, 2.05) is 23.4 Å². The molecule has 0 aliphatic rings. The number of anilines is 3. The summed E-state index contributed by atoms with van der Waals surface area (Å²) in [5, 5.41) is 9.67. The molecule has 0 saturated heterocycles. The van der Waals surface area contributed by atoms with E-state index >= 15 is 0 Å². The van der Waals surface area contributed by atoms with Gasteiger partial charge in [0, 0.05) is 11.9 Å². The highest BCUT2D eigenvalue weighted by molar-refractivity contribution is 7.10. The summed E-state index contributed by atoms with van der Waals surface area (Å²) in [6.45, 7) is 2.07. The van der Waals surface area contributed by atoms with Crippen LogP contribution in [0.2, 0.25) is 0 Å². The maximum Gasteiger partial charge on any atom is 0.230 e. The number of aryl methyl sites for hydroxylation is 1. The van der Waals surface area contributed by atoms with E-state index in [-0.39, 0.29) is 0 Å². The van der Waals surface area contributed by atoms with E-state index in [1.54, 1.807) is 11.3 Å². The summed E-state index contributed by atoms with van der Waals surface area (Å²) in [6, 6.07) is 2.04. The predicted octanol–water partition coefficient (Wildman–Crippen LogP) is 1.52. The lowest BCUT2D eigenvalue weighted by Gasteiger charge is -2.14. The highest BCUT2D eigenvalue weighted by atomic mass is 32.1. The summed E-state index contributed by atoms with van der Waals surface area (Å²) in [4.78, 5) is 6.04. The third kappa shape index (κ3) is 1.44. The predicted molar refractivity (Wildman–Crippen MR) is 57.9 cm³/mol. The summed E-state index contributed by atoms with van der Waals surface area (Å²) in [5.74, 6) is 0.990. The Morgan fingerprint density at radius 1 is 1.50 bits per heavy atom. The van der Waals surface area contributed by atoms with Crippen molar-refractivity contribution in [1.82, 2.24) is 15.2 Å². The summed E-state index contributed by atoms with van der Waals surface area (Å²) in [7, 11) is 1.93. The van der Waals surface area contributed by atoms with Gasteiger partial charge in [0.25, 0.3) is 0 Å². The van der Waals surface area contributed by atoms with E-state index in [4.69, 9.17) is 5.73 Å². The molecule has 0 fully saturated rings. The lowest BCUT2D eigenvalue weighted by atomic mass is 10.4. The van der Waals surface area contributed by atoms with Crippen molar-refractivity contribution in [2.45, 2.75) is 6.92 Å². The quantitative estimate of drug-likeness (QED) is 0.786. The lowest BCUT2D eigenvalue weighted by Crippen LogP contribution is -2.11. The molecular weight excluding hydrogens is 198 g/mol. The Hall–Kier alpha value is -1.56. The third-order valence-corrected chi connectivity index (χ3v) is 2.84. The Morgan fingerprint density at radius 3 is 2.79 bits per heavy atom. The van der Waals surface area contributed by atoms with Gasteiger partial charge in [-0.3, -0.25) is 4.98 Å². The zero-order chi connectivity index (χ0) is 10.1. The fraction of sp³-hybridized carbons (Fsp3) is 0.250. The average molecular weight is 209 g/mol. The lowest BCUT2D eigenvalue weighted by molar-refractivity contribution is 1.03. The second-order valence-electron chi connectivity index (χ2n) is 2.95. The molecule has 74 valence electrons. The van der Waals surface area contributed by atoms with Crippen LogP contribution in [0.1, 0.15) is 4.88 Å². The molecule has 2 aromatic rings. The molecular formula is C8H11N5S. The molecule has 0 atom stereocenters. The van der Waals surface area contributed by atoms with E-state index in [9.17, 15) is 0 Å². The average Bonchev–Trinajstić information content (AvgIpc) is 2.73. The number of nitrogens with two attached hydrogens (primary N) is 1. The van der Waals surface area contributed by atoms with Crippen molar-refractivity contribution in [3.05, 3.63) is 16.3 Å². The van der Waals surface area contributed by atoms with Gasteiger partial charge in [-0.15, -0.1) is 21.5 Å². The smallest absolute Gasteiger partial charge is 0.230 e. The number of nitrogen functional groups attached to an aromatic ring is 1. The SMILES string of the molecule is Cc1sccc1N(C)c1nnc(N)[nH]1. The molecule has 0 spiro atoms. The number of hydrogen-bond donors (Lipinski definition) is 2. The Balaban J connectivity index is 2.33. The summed E-state index contributed by atoms with van der Waals surface area (Å²) < 4.78 is 0. The summed E-state index contributed by atoms with van der Waals surface area (Å²) in [6.07, 6.45) is 0. The number of rotatable bonds is 2. The normalized spacial score (nSPS) is 10.4. The monoisotopic (exact) mass is 209 g/mol. The van der Waals surface area contributed by atoms with Crippen LogP contribution in [0, 0.1) is 6.92 Å². The zero-order valence-corrected chi connectivity index (χ0v) is 8.80. The Kier molecular flexibility index (Phi) is 2.12. The molecule has 0 aliphatic heterocycles. The zero-order valence-electron chi connectivity index (χ0n) is 7.98. The number of nitrogens with zero attached hydrogens (tertiary/aromatic N) is 3. The first-order valence-corrected chi connectivity index (χ1v) is 5.02. The maximum atomic E-state index is 5.45. The second kappa shape index (κ2) is 3.30. The molecule has 0 aliphatic carbocycles. The number of thiophene rings is 1. The van der Waals surface area contributed by atoms with Crippen LogP contribution in [-0.4, -0.2) is 22.2 Å². The number of nitrogens with one attached hydrogen (secondary N) is 1. The fourth-order valence-corrected chi connectivity index (χ4v) is 1.98. The van der Waals surface area contributed by atoms with Crippen LogP contribution in [0.4, 0.5) is 17.6 Å². The van der Waals surface area contributed by atoms with Gasteiger partial charge in [0.15, 0.2) is 0 Å². The van der Waals surface area contributed by atoms with Gasteiger partial charge in [-0.25, -0.2) is 0 Å². The molecule has 0 bridgehead atoms. The summed E-state index contributed by atoms with van der Waals surface area (Å²) in [5.41, 5.74) is 6.57. The van der Waals surface area contributed by atoms with Crippen LogP contribution in [-0.2, 0) is 0 Å². The fourth-order valence-electron chi connectivity index (χ4n) is 1.26. The van der Waals surface area contributed by atoms with Gasteiger partial charge in [-0.1, -0.05) is 0 Å². The number of aromatic nitrogens is 3. The number of H-pyrrole nitrogens is 1. The van der Waals surface area contributed by atoms with Gasteiger partial charge in [0.05, 0.1) is 5.69 Å². The van der Waals surface area contributed by atoms with Gasteiger partial charge in [-0.05, 0) is 18.4 Å². The molecule has 6 heteroatoms. The van der Waals surface area contributed by atoms with Gasteiger partial charge < -0.3 is 10.6 Å². The van der Waals surface area contributed by atoms with Crippen LogP contribution in [0.15, 0.2) is 11.4 Å². The van der Waals surface area contributed by atoms with E-state index in [0.29, 0.717) is 11.9 Å². The molecule has 0 aromatic carbocycles. The van der Waals surface area contributed by atoms with E-state index in [2.05, 4.69) is 22.1 Å². The largest absolute Gasteiger partial charge is 0.368 e. The molecule has 0 unspecified atom stereocenters. The number of hydrogen-bond acceptors (Lipinski definition) is 5. The van der Waals surface area contributed by atoms with Crippen molar-refractivity contribution < 1.29 is 0 Å². The van der Waals surface area contributed by atoms with Crippen LogP contribution < -0.4 is 10.6 Å². The Morgan fingerprint density at radius 2 is 2.29 bits per heavy atom. The van der Waals surface area contributed by atoms with Crippen LogP contribution >= 0.6 is 11.3 Å². The third-order valence-electron chi connectivity index (χ3n) is 2.00. The maximum absolute atomic E-state index is 5.45. The van der Waals surface area contributed by atoms with Gasteiger partial charge >= 0.3 is 0 Å². The minimum atomic E-state index is 0.333. The van der Waals surface area contributed by atoms with Crippen molar-refractivity contribution in [2.24, 2.45) is 0 Å². The second-order valence-corrected chi connectivity index (χ2v) is 4.08. The minimum absolute atomic E-state index is 0.333. The van der Waals surface area contributed by atoms with Crippen LogP contribution in [0.25, 0.3) is 0 Å². The molecule has 14 heavy (non-hydrogen) atoms. The molecule has 3 N–H and O–H groups in total. The molecule has 0 radical (unpaired) electrons. The van der Waals surface area contributed by atoms with Crippen LogP contribution in [0.5, 0.6) is 0 Å². The number of aromatic amines is 1. The van der Waals surface area contributed by atoms with E-state index in [0.717, 1.165) is 5.69 Å². The molecule has 0 amide bonds. The van der Waals surface area contributed by atoms with Crippen molar-refractivity contribution in [3.63, 3.8) is 0 Å². The standard InChI is InChI=1S/C8H11N5S/c1-5-6(3-4-14-5)13(2)8-10-7(9)11-12-8/h3-4H,1-2H3,(H3,9,10,11,12). The van der Waals surface area contributed by atoms with E-state index in [1.165, 1.54) is 4.88 Å². The van der Waals surface area contributed by atoms with Gasteiger partial charge in [0.2, 0.25) is 11.9 Å². The first-order valence-electron chi connectivity index (χ1n) is 4.14. The van der Waals surface area contributed by atoms with Gasteiger partial charge in [-0.2, -0.15) is 0 Å². The molecule has 5 nitrogen and oxygen atoms in total. The molecule has 2 heterocycles. The highest BCUT2D eigenvalue weighted by Gasteiger charge is 2.10. The van der Waals surface area contributed by atoms with Gasteiger partial charge in [0.1, 0.15) is 0 Å². The van der Waals surface area contributed by atoms with E-state index < -0.39 is 0 Å². The first kappa shape index (κ1) is 9.01. The highest BCUT2D eigenvalue weighted by Crippen LogP contribution is 2.27. The van der Waals surface area contributed by atoms with Crippen LogP contribution in [0.3, 0.4) is 0 Å². The first-order chi connectivity index (χ1) is 6.68. The Bertz CT molecular complexity index is 432.